The number of aromatic nitrogens is 1. The topological polar surface area (TPSA) is 34.0 Å². The molecule has 0 bridgehead atoms. The number of nitrogens with one attached hydrogen (secondary N) is 1. The van der Waals surface area contributed by atoms with Gasteiger partial charge in [-0.15, -0.1) is 0 Å². The van der Waals surface area contributed by atoms with Crippen molar-refractivity contribution in [3.05, 3.63) is 59.3 Å². The third-order valence-electron chi connectivity index (χ3n) is 4.35. The van der Waals surface area contributed by atoms with Crippen molar-refractivity contribution in [1.82, 2.24) is 9.88 Å². The van der Waals surface area contributed by atoms with Crippen molar-refractivity contribution in [2.75, 3.05) is 6.54 Å². The molecule has 3 aromatic rings. The van der Waals surface area contributed by atoms with Crippen LogP contribution in [0.25, 0.3) is 22.0 Å². The van der Waals surface area contributed by atoms with E-state index in [1.807, 2.05) is 11.5 Å². The maximum Gasteiger partial charge on any atom is 0.268 e. The summed E-state index contributed by atoms with van der Waals surface area (Å²) in [6.07, 6.45) is 0. The van der Waals surface area contributed by atoms with Crippen LogP contribution in [0.5, 0.6) is 0 Å². The monoisotopic (exact) mass is 312 g/mol. The number of fused-ring (bicyclic) bond motifs is 3. The van der Waals surface area contributed by atoms with E-state index in [1.54, 1.807) is 12.1 Å². The van der Waals surface area contributed by atoms with E-state index in [1.165, 1.54) is 24.3 Å². The molecule has 116 valence electrons. The number of amides is 1. The van der Waals surface area contributed by atoms with Gasteiger partial charge in [-0.25, -0.2) is 8.78 Å². The molecule has 1 amide bonds. The van der Waals surface area contributed by atoms with Gasteiger partial charge in [0.25, 0.3) is 5.91 Å². The maximum absolute atomic E-state index is 14.1. The molecule has 0 saturated heterocycles. The summed E-state index contributed by atoms with van der Waals surface area (Å²) in [6, 6.07) is 8.91. The van der Waals surface area contributed by atoms with Crippen LogP contribution in [0.2, 0.25) is 0 Å². The molecule has 1 aliphatic rings. The standard InChI is InChI=1S/C18H14F2N2O/c1-10-14-8-13(20)9-15(11-3-2-4-12(19)7-11)17(14)22-6-5-21-18(23)16(10)22/h2-4,7-9H,5-6H2,1H3,(H,21,23). The molecular weight excluding hydrogens is 298 g/mol. The van der Waals surface area contributed by atoms with Crippen molar-refractivity contribution in [2.24, 2.45) is 0 Å². The minimum Gasteiger partial charge on any atom is -0.349 e. The Balaban J connectivity index is 2.13. The zero-order valence-electron chi connectivity index (χ0n) is 12.5. The van der Waals surface area contributed by atoms with Crippen molar-refractivity contribution in [2.45, 2.75) is 13.5 Å². The van der Waals surface area contributed by atoms with Gasteiger partial charge in [0.05, 0.1) is 5.52 Å². The maximum atomic E-state index is 14.1. The molecule has 0 unspecified atom stereocenters. The number of carbonyl (C=O) groups is 1. The molecule has 5 heteroatoms. The zero-order valence-corrected chi connectivity index (χ0v) is 12.5. The summed E-state index contributed by atoms with van der Waals surface area (Å²) in [4.78, 5) is 12.2. The average Bonchev–Trinajstić information content (AvgIpc) is 2.81. The first-order chi connectivity index (χ1) is 11.1. The quantitative estimate of drug-likeness (QED) is 0.731. The normalized spacial score (nSPS) is 14.0. The molecule has 4 rings (SSSR count). The van der Waals surface area contributed by atoms with Crippen LogP contribution >= 0.6 is 0 Å². The molecule has 0 aliphatic carbocycles. The number of nitrogens with zero attached hydrogens (tertiary/aromatic N) is 1. The number of hydrogen-bond acceptors (Lipinski definition) is 1. The molecule has 0 fully saturated rings. The van der Waals surface area contributed by atoms with Crippen molar-refractivity contribution in [1.29, 1.82) is 0 Å². The van der Waals surface area contributed by atoms with Crippen LogP contribution in [-0.2, 0) is 6.54 Å². The van der Waals surface area contributed by atoms with Crippen LogP contribution in [0.1, 0.15) is 16.1 Å². The minimum atomic E-state index is -0.400. The van der Waals surface area contributed by atoms with Gasteiger partial charge in [0.15, 0.2) is 0 Å². The van der Waals surface area contributed by atoms with Crippen LogP contribution < -0.4 is 5.32 Å². The highest BCUT2D eigenvalue weighted by Gasteiger charge is 2.25. The van der Waals surface area contributed by atoms with Gasteiger partial charge in [0.1, 0.15) is 17.3 Å². The highest BCUT2D eigenvalue weighted by molar-refractivity contribution is 6.06. The second-order valence-electron chi connectivity index (χ2n) is 5.74. The SMILES string of the molecule is Cc1c2n(c3c(-c4cccc(F)c4)cc(F)cc13)CCNC2=O. The van der Waals surface area contributed by atoms with Gasteiger partial charge >= 0.3 is 0 Å². The van der Waals surface area contributed by atoms with E-state index in [0.717, 1.165) is 11.1 Å². The van der Waals surface area contributed by atoms with Crippen LogP contribution in [0, 0.1) is 18.6 Å². The Hall–Kier alpha value is -2.69. The molecule has 3 nitrogen and oxygen atoms in total. The first-order valence-electron chi connectivity index (χ1n) is 7.43. The van der Waals surface area contributed by atoms with Gasteiger partial charge in [-0.2, -0.15) is 0 Å². The predicted molar refractivity (Wildman–Crippen MR) is 84.4 cm³/mol. The van der Waals surface area contributed by atoms with Gasteiger partial charge in [-0.1, -0.05) is 12.1 Å². The summed E-state index contributed by atoms with van der Waals surface area (Å²) in [6.45, 7) is 2.95. The summed E-state index contributed by atoms with van der Waals surface area (Å²) >= 11 is 0. The lowest BCUT2D eigenvalue weighted by molar-refractivity contribution is 0.0928. The van der Waals surface area contributed by atoms with E-state index in [2.05, 4.69) is 5.32 Å². The summed E-state index contributed by atoms with van der Waals surface area (Å²) in [5.41, 5.74) is 3.27. The van der Waals surface area contributed by atoms with E-state index in [4.69, 9.17) is 0 Å². The summed E-state index contributed by atoms with van der Waals surface area (Å²) in [5, 5.41) is 3.50. The molecule has 0 spiro atoms. The first-order valence-corrected chi connectivity index (χ1v) is 7.43. The lowest BCUT2D eigenvalue weighted by Crippen LogP contribution is -2.35. The number of benzene rings is 2. The largest absolute Gasteiger partial charge is 0.349 e. The number of rotatable bonds is 1. The Morgan fingerprint density at radius 3 is 2.74 bits per heavy atom. The number of aryl methyl sites for hydroxylation is 1. The van der Waals surface area contributed by atoms with Crippen molar-refractivity contribution < 1.29 is 13.6 Å². The Morgan fingerprint density at radius 1 is 1.13 bits per heavy atom. The third kappa shape index (κ3) is 2.04. The lowest BCUT2D eigenvalue weighted by Gasteiger charge is -2.18. The minimum absolute atomic E-state index is 0.157. The van der Waals surface area contributed by atoms with E-state index >= 15 is 0 Å². The van der Waals surface area contributed by atoms with E-state index in [0.29, 0.717) is 35.3 Å². The molecule has 0 saturated carbocycles. The summed E-state index contributed by atoms with van der Waals surface area (Å²) in [7, 11) is 0. The molecule has 1 N–H and O–H groups in total. The summed E-state index contributed by atoms with van der Waals surface area (Å²) in [5.74, 6) is -0.932. The molecule has 2 heterocycles. The molecule has 23 heavy (non-hydrogen) atoms. The zero-order chi connectivity index (χ0) is 16.1. The van der Waals surface area contributed by atoms with Crippen LogP contribution in [0.4, 0.5) is 8.78 Å². The second kappa shape index (κ2) is 4.91. The highest BCUT2D eigenvalue weighted by Crippen LogP contribution is 2.36. The molecular formula is C18H14F2N2O. The Bertz CT molecular complexity index is 959. The number of halogens is 2. The Kier molecular flexibility index (Phi) is 2.98. The van der Waals surface area contributed by atoms with Gasteiger partial charge in [-0.3, -0.25) is 4.79 Å². The van der Waals surface area contributed by atoms with Crippen molar-refractivity contribution >= 4 is 16.8 Å². The van der Waals surface area contributed by atoms with E-state index < -0.39 is 5.82 Å². The number of hydrogen-bond donors (Lipinski definition) is 1. The number of carbonyl (C=O) groups excluding carboxylic acids is 1. The van der Waals surface area contributed by atoms with Crippen molar-refractivity contribution in [3.63, 3.8) is 0 Å². The molecule has 1 aliphatic heterocycles. The lowest BCUT2D eigenvalue weighted by atomic mass is 10.0. The van der Waals surface area contributed by atoms with Gasteiger partial charge < -0.3 is 9.88 Å². The van der Waals surface area contributed by atoms with Crippen LogP contribution in [0.3, 0.4) is 0 Å². The molecule has 2 aromatic carbocycles. The Labute approximate surface area is 131 Å². The first kappa shape index (κ1) is 13.9. The van der Waals surface area contributed by atoms with E-state index in [-0.39, 0.29) is 11.7 Å². The van der Waals surface area contributed by atoms with Crippen LogP contribution in [0.15, 0.2) is 36.4 Å². The smallest absolute Gasteiger partial charge is 0.268 e. The van der Waals surface area contributed by atoms with Gasteiger partial charge in [0, 0.05) is 24.0 Å². The fraction of sp³-hybridized carbons (Fsp3) is 0.167. The van der Waals surface area contributed by atoms with Gasteiger partial charge in [-0.05, 0) is 42.3 Å². The van der Waals surface area contributed by atoms with E-state index in [9.17, 15) is 13.6 Å². The Morgan fingerprint density at radius 2 is 1.96 bits per heavy atom. The third-order valence-corrected chi connectivity index (χ3v) is 4.35. The average molecular weight is 312 g/mol. The van der Waals surface area contributed by atoms with Gasteiger partial charge in [0.2, 0.25) is 0 Å². The summed E-state index contributed by atoms with van der Waals surface area (Å²) < 4.78 is 29.6. The molecule has 0 radical (unpaired) electrons. The van der Waals surface area contributed by atoms with Crippen molar-refractivity contribution in [3.8, 4) is 11.1 Å². The highest BCUT2D eigenvalue weighted by atomic mass is 19.1. The fourth-order valence-electron chi connectivity index (χ4n) is 3.38. The second-order valence-corrected chi connectivity index (χ2v) is 5.74. The fourth-order valence-corrected chi connectivity index (χ4v) is 3.38. The predicted octanol–water partition coefficient (Wildman–Crippen LogP) is 3.64. The molecule has 0 atom stereocenters. The van der Waals surface area contributed by atoms with Crippen LogP contribution in [-0.4, -0.2) is 17.0 Å². The molecule has 1 aromatic heterocycles.